The van der Waals surface area contributed by atoms with Crippen LogP contribution in [0.4, 0.5) is 5.82 Å². The van der Waals surface area contributed by atoms with E-state index in [1.54, 1.807) is 24.3 Å². The standard InChI is InChI=1S/C23H19ClN2O6S/c24-16-4-6-17(7-5-16)32-21(22(27)26-20-12-3-15(13-25-20)23(28)29)14-1-8-18(9-2-14)33(30,31)19-10-11-19/h1-9,12-13,19,21H,10-11H2,(H,28,29)(H,25,26,27). The number of pyridine rings is 1. The largest absolute Gasteiger partial charge is 0.478 e. The van der Waals surface area contributed by atoms with E-state index in [1.165, 1.54) is 36.4 Å². The summed E-state index contributed by atoms with van der Waals surface area (Å²) in [7, 11) is -3.37. The third-order valence-corrected chi connectivity index (χ3v) is 7.57. The number of aromatic nitrogens is 1. The fourth-order valence-corrected chi connectivity index (χ4v) is 4.89. The zero-order chi connectivity index (χ0) is 23.6. The van der Waals surface area contributed by atoms with Gasteiger partial charge in [-0.3, -0.25) is 4.79 Å². The summed E-state index contributed by atoms with van der Waals surface area (Å²) >= 11 is 5.92. The molecule has 4 rings (SSSR count). The maximum atomic E-state index is 13.1. The molecule has 1 aliphatic rings. The van der Waals surface area contributed by atoms with Crippen molar-refractivity contribution in [2.75, 3.05) is 5.32 Å². The van der Waals surface area contributed by atoms with Gasteiger partial charge in [-0.25, -0.2) is 18.2 Å². The predicted molar refractivity (Wildman–Crippen MR) is 121 cm³/mol. The van der Waals surface area contributed by atoms with E-state index in [-0.39, 0.29) is 21.5 Å². The number of nitrogens with zero attached hydrogens (tertiary/aromatic N) is 1. The summed E-state index contributed by atoms with van der Waals surface area (Å²) in [6, 6.07) is 15.1. The molecule has 1 amide bonds. The molecule has 1 aliphatic carbocycles. The zero-order valence-corrected chi connectivity index (χ0v) is 18.7. The normalized spacial score (nSPS) is 14.3. The fraction of sp³-hybridized carbons (Fsp3) is 0.174. The van der Waals surface area contributed by atoms with Gasteiger partial charge in [-0.2, -0.15) is 0 Å². The number of carbonyl (C=O) groups excluding carboxylic acids is 1. The van der Waals surface area contributed by atoms with Crippen LogP contribution in [0.2, 0.25) is 5.02 Å². The smallest absolute Gasteiger partial charge is 0.337 e. The van der Waals surface area contributed by atoms with E-state index in [4.69, 9.17) is 21.4 Å². The predicted octanol–water partition coefficient (Wildman–Crippen LogP) is 4.13. The molecule has 1 atom stereocenters. The fourth-order valence-electron chi connectivity index (χ4n) is 3.11. The number of carbonyl (C=O) groups is 2. The van der Waals surface area contributed by atoms with Crippen LogP contribution in [-0.4, -0.2) is 35.6 Å². The van der Waals surface area contributed by atoms with E-state index in [0.717, 1.165) is 6.20 Å². The van der Waals surface area contributed by atoms with Crippen molar-refractivity contribution in [3.63, 3.8) is 0 Å². The van der Waals surface area contributed by atoms with Crippen molar-refractivity contribution in [1.29, 1.82) is 0 Å². The highest BCUT2D eigenvalue weighted by molar-refractivity contribution is 7.92. The first-order chi connectivity index (χ1) is 15.7. The van der Waals surface area contributed by atoms with Crippen LogP contribution in [0.15, 0.2) is 71.8 Å². The van der Waals surface area contributed by atoms with Crippen LogP contribution in [-0.2, 0) is 14.6 Å². The molecule has 33 heavy (non-hydrogen) atoms. The molecular formula is C23H19ClN2O6S. The lowest BCUT2D eigenvalue weighted by molar-refractivity contribution is -0.123. The average Bonchev–Trinajstić information content (AvgIpc) is 3.65. The molecule has 1 saturated carbocycles. The minimum absolute atomic E-state index is 0.0191. The summed E-state index contributed by atoms with van der Waals surface area (Å²) in [4.78, 5) is 28.2. The highest BCUT2D eigenvalue weighted by atomic mass is 35.5. The first-order valence-corrected chi connectivity index (χ1v) is 11.9. The number of ether oxygens (including phenoxy) is 1. The SMILES string of the molecule is O=C(O)c1ccc(NC(=O)C(Oc2ccc(Cl)cc2)c2ccc(S(=O)(=O)C3CC3)cc2)nc1. The van der Waals surface area contributed by atoms with Crippen molar-refractivity contribution < 1.29 is 27.9 Å². The van der Waals surface area contributed by atoms with Gasteiger partial charge in [0.1, 0.15) is 11.6 Å². The number of carboxylic acids is 1. The number of sulfone groups is 1. The zero-order valence-electron chi connectivity index (χ0n) is 17.1. The third kappa shape index (κ3) is 5.32. The lowest BCUT2D eigenvalue weighted by Gasteiger charge is -2.19. The second kappa shape index (κ2) is 9.21. The number of hydrogen-bond donors (Lipinski definition) is 2. The molecule has 1 aromatic heterocycles. The Labute approximate surface area is 195 Å². The first-order valence-electron chi connectivity index (χ1n) is 10.0. The summed E-state index contributed by atoms with van der Waals surface area (Å²) in [5.74, 6) is -1.19. The molecule has 3 aromatic rings. The van der Waals surface area contributed by atoms with E-state index in [9.17, 15) is 18.0 Å². The van der Waals surface area contributed by atoms with E-state index in [1.807, 2.05) is 0 Å². The number of benzene rings is 2. The van der Waals surface area contributed by atoms with Gasteiger partial charge in [0.25, 0.3) is 5.91 Å². The Kier molecular flexibility index (Phi) is 6.35. The summed E-state index contributed by atoms with van der Waals surface area (Å²) in [5, 5.41) is 11.8. The van der Waals surface area contributed by atoms with Crippen LogP contribution in [0.3, 0.4) is 0 Å². The van der Waals surface area contributed by atoms with E-state index in [2.05, 4.69) is 10.3 Å². The molecule has 1 heterocycles. The van der Waals surface area contributed by atoms with E-state index < -0.39 is 27.8 Å². The van der Waals surface area contributed by atoms with Crippen molar-refractivity contribution in [1.82, 2.24) is 4.98 Å². The van der Waals surface area contributed by atoms with Crippen molar-refractivity contribution in [2.45, 2.75) is 29.1 Å². The number of nitrogens with one attached hydrogen (secondary N) is 1. The highest BCUT2D eigenvalue weighted by Crippen LogP contribution is 2.34. The van der Waals surface area contributed by atoms with Gasteiger partial charge in [0.05, 0.1) is 15.7 Å². The Morgan fingerprint density at radius 2 is 1.70 bits per heavy atom. The van der Waals surface area contributed by atoms with Crippen LogP contribution in [0.5, 0.6) is 5.75 Å². The van der Waals surface area contributed by atoms with Crippen LogP contribution >= 0.6 is 11.6 Å². The van der Waals surface area contributed by atoms with Gasteiger partial charge in [0.2, 0.25) is 6.10 Å². The minimum Gasteiger partial charge on any atom is -0.478 e. The summed E-state index contributed by atoms with van der Waals surface area (Å²) in [6.07, 6.45) is 1.31. The van der Waals surface area contributed by atoms with Crippen LogP contribution < -0.4 is 10.1 Å². The summed E-state index contributed by atoms with van der Waals surface area (Å²) in [5.41, 5.74) is 0.411. The minimum atomic E-state index is -3.37. The highest BCUT2D eigenvalue weighted by Gasteiger charge is 2.37. The number of carboxylic acid groups (broad SMARTS) is 1. The van der Waals surface area contributed by atoms with Gasteiger partial charge in [-0.15, -0.1) is 0 Å². The lowest BCUT2D eigenvalue weighted by atomic mass is 10.1. The molecule has 0 saturated heterocycles. The number of halogens is 1. The Hall–Kier alpha value is -3.43. The first kappa shape index (κ1) is 22.8. The van der Waals surface area contributed by atoms with Crippen molar-refractivity contribution in [3.8, 4) is 5.75 Å². The molecule has 2 N–H and O–H groups in total. The Morgan fingerprint density at radius 1 is 1.03 bits per heavy atom. The van der Waals surface area contributed by atoms with Gasteiger partial charge in [-0.05, 0) is 61.4 Å². The van der Waals surface area contributed by atoms with Crippen molar-refractivity contribution >= 4 is 39.1 Å². The Morgan fingerprint density at radius 3 is 2.24 bits per heavy atom. The number of anilines is 1. The molecule has 10 heteroatoms. The van der Waals surface area contributed by atoms with Crippen LogP contribution in [0.25, 0.3) is 0 Å². The van der Waals surface area contributed by atoms with E-state index in [0.29, 0.717) is 29.2 Å². The molecule has 1 fully saturated rings. The second-order valence-electron chi connectivity index (χ2n) is 7.49. The lowest BCUT2D eigenvalue weighted by Crippen LogP contribution is -2.26. The van der Waals surface area contributed by atoms with Gasteiger partial charge in [-0.1, -0.05) is 23.7 Å². The molecule has 8 nitrogen and oxygen atoms in total. The van der Waals surface area contributed by atoms with Gasteiger partial charge >= 0.3 is 5.97 Å². The van der Waals surface area contributed by atoms with Gasteiger partial charge < -0.3 is 15.2 Å². The molecule has 0 bridgehead atoms. The Balaban J connectivity index is 1.60. The number of hydrogen-bond acceptors (Lipinski definition) is 6. The summed E-state index contributed by atoms with van der Waals surface area (Å²) < 4.78 is 30.8. The molecular weight excluding hydrogens is 468 g/mol. The summed E-state index contributed by atoms with van der Waals surface area (Å²) in [6.45, 7) is 0. The maximum absolute atomic E-state index is 13.1. The maximum Gasteiger partial charge on any atom is 0.337 e. The molecule has 0 spiro atoms. The second-order valence-corrected chi connectivity index (χ2v) is 10.2. The molecule has 1 unspecified atom stereocenters. The Bertz CT molecular complexity index is 1270. The topological polar surface area (TPSA) is 123 Å². The van der Waals surface area contributed by atoms with E-state index >= 15 is 0 Å². The van der Waals surface area contributed by atoms with Gasteiger partial charge in [0.15, 0.2) is 9.84 Å². The quantitative estimate of drug-likeness (QED) is 0.490. The van der Waals surface area contributed by atoms with Crippen molar-refractivity contribution in [2.24, 2.45) is 0 Å². The number of amides is 1. The molecule has 2 aromatic carbocycles. The third-order valence-electron chi connectivity index (χ3n) is 5.04. The number of rotatable bonds is 8. The van der Waals surface area contributed by atoms with Crippen LogP contribution in [0, 0.1) is 0 Å². The molecule has 170 valence electrons. The van der Waals surface area contributed by atoms with Gasteiger partial charge in [0, 0.05) is 16.8 Å². The number of aromatic carboxylic acids is 1. The average molecular weight is 487 g/mol. The van der Waals surface area contributed by atoms with Crippen LogP contribution in [0.1, 0.15) is 34.9 Å². The molecule has 0 radical (unpaired) electrons. The monoisotopic (exact) mass is 486 g/mol. The van der Waals surface area contributed by atoms with Crippen molar-refractivity contribution in [3.05, 3.63) is 83.0 Å². The molecule has 0 aliphatic heterocycles.